The van der Waals surface area contributed by atoms with Crippen molar-refractivity contribution in [3.63, 3.8) is 0 Å². The molecule has 1 saturated heterocycles. The standard InChI is InChI=1S/C15H22N2O3/c1-19-13-10-12(16)9-11(15(13)20-2)5-6-14(18)17-7-3-4-8-17/h9-10H,3-8,16H2,1-2H3. The summed E-state index contributed by atoms with van der Waals surface area (Å²) < 4.78 is 10.6. The summed E-state index contributed by atoms with van der Waals surface area (Å²) >= 11 is 0. The Kier molecular flexibility index (Phi) is 4.71. The predicted molar refractivity (Wildman–Crippen MR) is 78.1 cm³/mol. The van der Waals surface area contributed by atoms with E-state index in [0.717, 1.165) is 31.5 Å². The van der Waals surface area contributed by atoms with Crippen LogP contribution < -0.4 is 15.2 Å². The lowest BCUT2D eigenvalue weighted by molar-refractivity contribution is -0.130. The summed E-state index contributed by atoms with van der Waals surface area (Å²) in [5.41, 5.74) is 7.39. The van der Waals surface area contributed by atoms with E-state index in [1.165, 1.54) is 0 Å². The van der Waals surface area contributed by atoms with E-state index in [4.69, 9.17) is 15.2 Å². The van der Waals surface area contributed by atoms with Crippen molar-refractivity contribution >= 4 is 11.6 Å². The topological polar surface area (TPSA) is 64.8 Å². The minimum atomic E-state index is 0.200. The summed E-state index contributed by atoms with van der Waals surface area (Å²) in [5.74, 6) is 1.47. The number of carbonyl (C=O) groups excluding carboxylic acids is 1. The SMILES string of the molecule is COc1cc(N)cc(CCC(=O)N2CCCC2)c1OC. The first-order chi connectivity index (χ1) is 9.65. The summed E-state index contributed by atoms with van der Waals surface area (Å²) in [6.45, 7) is 1.77. The molecule has 1 fully saturated rings. The molecule has 2 N–H and O–H groups in total. The average Bonchev–Trinajstić information content (AvgIpc) is 2.98. The number of nitrogens with zero attached hydrogens (tertiary/aromatic N) is 1. The molecule has 2 rings (SSSR count). The number of ether oxygens (including phenoxy) is 2. The molecule has 1 amide bonds. The molecule has 0 saturated carbocycles. The molecule has 0 bridgehead atoms. The van der Waals surface area contributed by atoms with Crippen LogP contribution in [0.4, 0.5) is 5.69 Å². The maximum absolute atomic E-state index is 12.1. The van der Waals surface area contributed by atoms with Gasteiger partial charge in [-0.1, -0.05) is 0 Å². The lowest BCUT2D eigenvalue weighted by atomic mass is 10.1. The van der Waals surface area contributed by atoms with E-state index in [-0.39, 0.29) is 5.91 Å². The number of amides is 1. The first-order valence-electron chi connectivity index (χ1n) is 6.94. The van der Waals surface area contributed by atoms with Crippen molar-refractivity contribution < 1.29 is 14.3 Å². The molecule has 5 heteroatoms. The lowest BCUT2D eigenvalue weighted by Crippen LogP contribution is -2.27. The van der Waals surface area contributed by atoms with Gasteiger partial charge in [0.1, 0.15) is 0 Å². The van der Waals surface area contributed by atoms with Crippen LogP contribution in [0.1, 0.15) is 24.8 Å². The normalized spacial score (nSPS) is 14.4. The molecule has 0 aliphatic carbocycles. The fourth-order valence-electron chi connectivity index (χ4n) is 2.62. The molecule has 0 atom stereocenters. The van der Waals surface area contributed by atoms with E-state index >= 15 is 0 Å². The molecule has 110 valence electrons. The monoisotopic (exact) mass is 278 g/mol. The third kappa shape index (κ3) is 3.15. The zero-order chi connectivity index (χ0) is 14.5. The van der Waals surface area contributed by atoms with E-state index in [2.05, 4.69) is 0 Å². The van der Waals surface area contributed by atoms with Crippen LogP contribution in [-0.2, 0) is 11.2 Å². The van der Waals surface area contributed by atoms with Crippen molar-refractivity contribution in [1.82, 2.24) is 4.90 Å². The molecule has 0 radical (unpaired) electrons. The highest BCUT2D eigenvalue weighted by molar-refractivity contribution is 5.77. The van der Waals surface area contributed by atoms with Gasteiger partial charge >= 0.3 is 0 Å². The van der Waals surface area contributed by atoms with Gasteiger partial charge in [-0.3, -0.25) is 4.79 Å². The summed E-state index contributed by atoms with van der Waals surface area (Å²) in [6.07, 6.45) is 3.31. The number of methoxy groups -OCH3 is 2. The first kappa shape index (κ1) is 14.5. The van der Waals surface area contributed by atoms with Crippen LogP contribution in [0.25, 0.3) is 0 Å². The minimum absolute atomic E-state index is 0.200. The van der Waals surface area contributed by atoms with Crippen LogP contribution in [0.2, 0.25) is 0 Å². The number of benzene rings is 1. The smallest absolute Gasteiger partial charge is 0.222 e. The van der Waals surface area contributed by atoms with Crippen molar-refractivity contribution in [2.45, 2.75) is 25.7 Å². The van der Waals surface area contributed by atoms with Crippen LogP contribution in [0, 0.1) is 0 Å². The molecule has 1 aromatic carbocycles. The van der Waals surface area contributed by atoms with Crippen molar-refractivity contribution in [1.29, 1.82) is 0 Å². The molecule has 1 heterocycles. The second-order valence-corrected chi connectivity index (χ2v) is 5.00. The quantitative estimate of drug-likeness (QED) is 0.835. The summed E-state index contributed by atoms with van der Waals surface area (Å²) in [5, 5.41) is 0. The Morgan fingerprint density at radius 2 is 1.95 bits per heavy atom. The van der Waals surface area contributed by atoms with E-state index in [0.29, 0.717) is 30.0 Å². The highest BCUT2D eigenvalue weighted by Gasteiger charge is 2.19. The van der Waals surface area contributed by atoms with E-state index in [1.54, 1.807) is 20.3 Å². The highest BCUT2D eigenvalue weighted by atomic mass is 16.5. The van der Waals surface area contributed by atoms with E-state index in [1.807, 2.05) is 11.0 Å². The van der Waals surface area contributed by atoms with Crippen molar-refractivity contribution in [3.8, 4) is 11.5 Å². The number of aryl methyl sites for hydroxylation is 1. The predicted octanol–water partition coefficient (Wildman–Crippen LogP) is 1.84. The Bertz CT molecular complexity index is 482. The fourth-order valence-corrected chi connectivity index (χ4v) is 2.62. The number of nitrogen functional groups attached to an aromatic ring is 1. The zero-order valence-electron chi connectivity index (χ0n) is 12.1. The minimum Gasteiger partial charge on any atom is -0.493 e. The number of rotatable bonds is 5. The van der Waals surface area contributed by atoms with E-state index < -0.39 is 0 Å². The Labute approximate surface area is 119 Å². The number of carbonyl (C=O) groups is 1. The largest absolute Gasteiger partial charge is 0.493 e. The summed E-state index contributed by atoms with van der Waals surface area (Å²) in [7, 11) is 3.18. The third-order valence-electron chi connectivity index (χ3n) is 3.65. The summed E-state index contributed by atoms with van der Waals surface area (Å²) in [4.78, 5) is 14.0. The molecule has 1 aliphatic rings. The maximum atomic E-state index is 12.1. The van der Waals surface area contributed by atoms with Crippen molar-refractivity contribution in [2.24, 2.45) is 0 Å². The second kappa shape index (κ2) is 6.50. The highest BCUT2D eigenvalue weighted by Crippen LogP contribution is 2.34. The van der Waals surface area contributed by atoms with Crippen molar-refractivity contribution in [2.75, 3.05) is 33.0 Å². The van der Waals surface area contributed by atoms with Gasteiger partial charge in [-0.05, 0) is 25.3 Å². The number of hydrogen-bond acceptors (Lipinski definition) is 4. The maximum Gasteiger partial charge on any atom is 0.222 e. The van der Waals surface area contributed by atoms with E-state index in [9.17, 15) is 4.79 Å². The second-order valence-electron chi connectivity index (χ2n) is 5.00. The van der Waals surface area contributed by atoms with Gasteiger partial charge in [0.05, 0.1) is 14.2 Å². The molecule has 0 spiro atoms. The van der Waals surface area contributed by atoms with Gasteiger partial charge in [-0.25, -0.2) is 0 Å². The Balaban J connectivity index is 2.08. The fraction of sp³-hybridized carbons (Fsp3) is 0.533. The van der Waals surface area contributed by atoms with Gasteiger partial charge in [0.15, 0.2) is 11.5 Å². The molecule has 5 nitrogen and oxygen atoms in total. The van der Waals surface area contributed by atoms with Crippen LogP contribution in [0.5, 0.6) is 11.5 Å². The Morgan fingerprint density at radius 3 is 2.55 bits per heavy atom. The van der Waals surface area contributed by atoms with Crippen LogP contribution in [0.15, 0.2) is 12.1 Å². The Hall–Kier alpha value is -1.91. The van der Waals surface area contributed by atoms with Gasteiger partial charge < -0.3 is 20.1 Å². The van der Waals surface area contributed by atoms with Crippen molar-refractivity contribution in [3.05, 3.63) is 17.7 Å². The third-order valence-corrected chi connectivity index (χ3v) is 3.65. The Morgan fingerprint density at radius 1 is 1.25 bits per heavy atom. The molecule has 0 unspecified atom stereocenters. The number of nitrogens with two attached hydrogens (primary N) is 1. The molecular formula is C15H22N2O3. The van der Waals surface area contributed by atoms with Gasteiger partial charge in [0, 0.05) is 36.8 Å². The summed E-state index contributed by atoms with van der Waals surface area (Å²) in [6, 6.07) is 3.57. The number of likely N-dealkylation sites (tertiary alicyclic amines) is 1. The number of hydrogen-bond donors (Lipinski definition) is 1. The van der Waals surface area contributed by atoms with Crippen LogP contribution in [0.3, 0.4) is 0 Å². The van der Waals surface area contributed by atoms with Crippen LogP contribution in [-0.4, -0.2) is 38.1 Å². The first-order valence-corrected chi connectivity index (χ1v) is 6.94. The van der Waals surface area contributed by atoms with Crippen LogP contribution >= 0.6 is 0 Å². The van der Waals surface area contributed by atoms with Gasteiger partial charge in [0.25, 0.3) is 0 Å². The lowest BCUT2D eigenvalue weighted by Gasteiger charge is -2.17. The van der Waals surface area contributed by atoms with Gasteiger partial charge in [0.2, 0.25) is 5.91 Å². The molecule has 1 aliphatic heterocycles. The molecular weight excluding hydrogens is 256 g/mol. The van der Waals surface area contributed by atoms with Gasteiger partial charge in [-0.2, -0.15) is 0 Å². The molecule has 1 aromatic rings. The number of anilines is 1. The molecule has 0 aromatic heterocycles. The zero-order valence-corrected chi connectivity index (χ0v) is 12.1. The molecule has 20 heavy (non-hydrogen) atoms. The average molecular weight is 278 g/mol. The van der Waals surface area contributed by atoms with Gasteiger partial charge in [-0.15, -0.1) is 0 Å².